The van der Waals surface area contributed by atoms with Crippen molar-refractivity contribution in [1.82, 2.24) is 14.7 Å². The van der Waals surface area contributed by atoms with Crippen molar-refractivity contribution in [2.45, 2.75) is 5.52 Å². The van der Waals surface area contributed by atoms with Crippen LogP contribution in [0.4, 0.5) is 0 Å². The highest BCUT2D eigenvalue weighted by molar-refractivity contribution is 7.70. The Labute approximate surface area is 176 Å². The van der Waals surface area contributed by atoms with Crippen molar-refractivity contribution >= 4 is 38.3 Å². The lowest BCUT2D eigenvalue weighted by Crippen LogP contribution is -2.32. The van der Waals surface area contributed by atoms with Gasteiger partial charge in [-0.2, -0.15) is 4.67 Å². The summed E-state index contributed by atoms with van der Waals surface area (Å²) in [7, 11) is -22.3. The van der Waals surface area contributed by atoms with E-state index in [1.807, 2.05) is 5.32 Å². The van der Waals surface area contributed by atoms with Crippen molar-refractivity contribution < 1.29 is 71.0 Å². The van der Waals surface area contributed by atoms with Crippen LogP contribution in [-0.4, -0.2) is 101 Å². The van der Waals surface area contributed by atoms with Gasteiger partial charge in [0.05, 0.1) is 13.2 Å². The molecule has 0 rings (SSSR count). The number of hydrogen-bond donors (Lipinski definition) is 9. The molecule has 0 aliphatic carbocycles. The van der Waals surface area contributed by atoms with Crippen LogP contribution in [0, 0.1) is 0 Å². The molecule has 2 atom stereocenters. The van der Waals surface area contributed by atoms with Crippen LogP contribution in [0.25, 0.3) is 0 Å². The van der Waals surface area contributed by atoms with Gasteiger partial charge in [0, 0.05) is 13.1 Å². The molecule has 0 aromatic rings. The average Bonchev–Trinajstić information content (AvgIpc) is 2.49. The first kappa shape index (κ1) is 31.6. The van der Waals surface area contributed by atoms with Crippen LogP contribution >= 0.6 is 38.3 Å². The lowest BCUT2D eigenvalue weighted by atomic mass is 10.7. The zero-order chi connectivity index (χ0) is 24.9. The van der Waals surface area contributed by atoms with Gasteiger partial charge in [0.15, 0.2) is 0 Å². The van der Waals surface area contributed by atoms with Gasteiger partial charge in [-0.3, -0.25) is 28.1 Å². The Hall–Kier alpha value is 0.630. The number of nitrogens with one attached hydrogen (secondary N) is 1. The van der Waals surface area contributed by atoms with E-state index in [1.165, 1.54) is 0 Å². The van der Waals surface area contributed by atoms with Crippen molar-refractivity contribution in [2.24, 2.45) is 0 Å². The van der Waals surface area contributed by atoms with Gasteiger partial charge in [-0.1, -0.05) is 0 Å². The Morgan fingerprint density at radius 2 is 1.16 bits per heavy atom. The molecule has 0 aliphatic heterocycles. The topological polar surface area (TPSA) is 284 Å². The zero-order valence-corrected chi connectivity index (χ0v) is 20.7. The molecular weight excluding hydrogens is 533 g/mol. The second-order valence-corrected chi connectivity index (χ2v) is 15.3. The predicted molar refractivity (Wildman–Crippen MR) is 105 cm³/mol. The summed E-state index contributed by atoms with van der Waals surface area (Å²) in [4.78, 5) is 72.7. The fraction of sp³-hybridized carbons (Fsp3) is 1.00. The molecule has 2 unspecified atom stereocenters. The first-order chi connectivity index (χ1) is 13.6. The van der Waals surface area contributed by atoms with Gasteiger partial charge in [0.2, 0.25) is 5.52 Å². The average molecular weight is 559 g/mol. The number of rotatable bonds is 15. The van der Waals surface area contributed by atoms with Gasteiger partial charge in [0.1, 0.15) is 6.29 Å². The Morgan fingerprint density at radius 3 is 1.58 bits per heavy atom. The third kappa shape index (κ3) is 12.6. The third-order valence-corrected chi connectivity index (χ3v) is 10.8. The predicted octanol–water partition coefficient (Wildman–Crippen LogP) is -1.55. The van der Waals surface area contributed by atoms with Gasteiger partial charge in [0.25, 0.3) is 0 Å². The minimum absolute atomic E-state index is 0.382. The monoisotopic (exact) mass is 559 g/mol. The number of nitrogens with zero attached hydrogens (tertiary/aromatic N) is 2. The van der Waals surface area contributed by atoms with Crippen LogP contribution in [0.15, 0.2) is 0 Å². The molecule has 0 amide bonds. The molecule has 188 valence electrons. The highest BCUT2D eigenvalue weighted by Gasteiger charge is 2.43. The van der Waals surface area contributed by atoms with Crippen LogP contribution in [0.5, 0.6) is 0 Å². The van der Waals surface area contributed by atoms with Crippen LogP contribution in [-0.2, 0) is 31.9 Å². The van der Waals surface area contributed by atoms with Gasteiger partial charge in [-0.25, -0.2) is 13.8 Å². The maximum atomic E-state index is 12.1. The summed E-state index contributed by atoms with van der Waals surface area (Å²) in [5, 5.41) is 1.84. The zero-order valence-electron chi connectivity index (χ0n) is 16.2. The normalized spacial score (nSPS) is 17.8. The quantitative estimate of drug-likeness (QED) is 0.0810. The second-order valence-electron chi connectivity index (χ2n) is 6.00. The number of hydrogen-bond acceptors (Lipinski definition) is 8. The molecule has 23 heteroatoms. The summed E-state index contributed by atoms with van der Waals surface area (Å²) in [6.45, 7) is -2.45. The number of likely N-dealkylation sites (N-methyl/N-ethyl adjacent to an activating group) is 1. The Morgan fingerprint density at radius 1 is 0.742 bits per heavy atom. The van der Waals surface area contributed by atoms with Crippen molar-refractivity contribution in [3.8, 4) is 0 Å². The maximum absolute atomic E-state index is 12.1. The summed E-state index contributed by atoms with van der Waals surface area (Å²) in [5.41, 5.74) is -2.53. The van der Waals surface area contributed by atoms with E-state index >= 15 is 0 Å². The minimum Gasteiger partial charge on any atom is -0.324 e. The Kier molecular flexibility index (Phi) is 12.1. The lowest BCUT2D eigenvalue weighted by Gasteiger charge is -2.25. The molecule has 0 aromatic heterocycles. The molecule has 0 aliphatic rings. The second kappa shape index (κ2) is 11.9. The smallest absolute Gasteiger partial charge is 0.324 e. The van der Waals surface area contributed by atoms with E-state index in [0.29, 0.717) is 9.34 Å². The van der Waals surface area contributed by atoms with Crippen LogP contribution in [0.2, 0.25) is 0 Å². The standard InChI is InChI=1S/C8H26N3O15P5/c1-10(4-6-26-31(23,24)11(2)7-27(12,13)14)30(21,22)25-5-3-9-8(28(15,16)17)29(18,19)20/h8-9H,3-7H2,1-2H3,(H,21,22)(H,23,24)(H2,12,13,14)(H2,15,16,17)(H2,18,19,20). The van der Waals surface area contributed by atoms with E-state index in [-0.39, 0.29) is 0 Å². The molecule has 0 fully saturated rings. The SMILES string of the molecule is CN(CCOP(=O)(O)N(C)CP(=O)(O)O)P(=O)(O)OCCNC(P(=O)(O)O)P(=O)(O)O. The molecule has 0 bridgehead atoms. The Bertz CT molecular complexity index is 797. The van der Waals surface area contributed by atoms with E-state index < -0.39 is 76.4 Å². The van der Waals surface area contributed by atoms with Crippen LogP contribution in [0.1, 0.15) is 0 Å². The summed E-state index contributed by atoms with van der Waals surface area (Å²) >= 11 is 0. The highest BCUT2D eigenvalue weighted by atomic mass is 31.2. The van der Waals surface area contributed by atoms with Crippen molar-refractivity contribution in [2.75, 3.05) is 46.7 Å². The van der Waals surface area contributed by atoms with Gasteiger partial charge >= 0.3 is 38.3 Å². The summed E-state index contributed by atoms with van der Waals surface area (Å²) in [6, 6.07) is 0. The van der Waals surface area contributed by atoms with Crippen LogP contribution in [0.3, 0.4) is 0 Å². The lowest BCUT2D eigenvalue weighted by molar-refractivity contribution is 0.178. The van der Waals surface area contributed by atoms with E-state index in [4.69, 9.17) is 29.4 Å². The molecule has 0 radical (unpaired) electrons. The summed E-state index contributed by atoms with van der Waals surface area (Å²) in [5.74, 6) is 0. The summed E-state index contributed by atoms with van der Waals surface area (Å²) in [6.07, 6.45) is -1.07. The first-order valence-electron chi connectivity index (χ1n) is 7.86. The molecule has 18 nitrogen and oxygen atoms in total. The fourth-order valence-electron chi connectivity index (χ4n) is 1.75. The van der Waals surface area contributed by atoms with Gasteiger partial charge < -0.3 is 39.1 Å². The van der Waals surface area contributed by atoms with Crippen molar-refractivity contribution in [3.63, 3.8) is 0 Å². The minimum atomic E-state index is -5.24. The largest absolute Gasteiger partial charge is 0.405 e. The van der Waals surface area contributed by atoms with Gasteiger partial charge in [-0.05, 0) is 14.1 Å². The Balaban J connectivity index is 4.63. The molecular formula is C8H26N3O15P5. The van der Waals surface area contributed by atoms with Crippen molar-refractivity contribution in [1.29, 1.82) is 0 Å². The van der Waals surface area contributed by atoms with E-state index in [0.717, 1.165) is 14.1 Å². The highest BCUT2D eigenvalue weighted by Crippen LogP contribution is 2.58. The molecule has 0 spiro atoms. The molecule has 0 saturated heterocycles. The summed E-state index contributed by atoms with van der Waals surface area (Å²) < 4.78 is 67.2. The van der Waals surface area contributed by atoms with Gasteiger partial charge in [-0.15, -0.1) is 0 Å². The molecule has 31 heavy (non-hydrogen) atoms. The molecule has 0 heterocycles. The maximum Gasteiger partial charge on any atom is 0.405 e. The molecule has 0 aromatic carbocycles. The van der Waals surface area contributed by atoms with E-state index in [9.17, 15) is 32.6 Å². The fourth-order valence-corrected chi connectivity index (χ4v) is 7.09. The van der Waals surface area contributed by atoms with E-state index in [2.05, 4.69) is 9.05 Å². The van der Waals surface area contributed by atoms with E-state index in [1.54, 1.807) is 0 Å². The third-order valence-electron chi connectivity index (χ3n) is 3.25. The first-order valence-corrected chi connectivity index (χ1v) is 16.1. The molecule has 9 N–H and O–H groups in total. The van der Waals surface area contributed by atoms with Crippen molar-refractivity contribution in [3.05, 3.63) is 0 Å². The van der Waals surface area contributed by atoms with Crippen LogP contribution < -0.4 is 5.32 Å². The molecule has 0 saturated carbocycles.